The lowest BCUT2D eigenvalue weighted by Crippen LogP contribution is -2.56. The summed E-state index contributed by atoms with van der Waals surface area (Å²) < 4.78 is 12.0. The number of para-hydroxylation sites is 1. The number of nitrogens with zero attached hydrogens (tertiary/aromatic N) is 1. The minimum Gasteiger partial charge on any atom is -0.350 e. The summed E-state index contributed by atoms with van der Waals surface area (Å²) in [6.45, 7) is 4.19. The lowest BCUT2D eigenvalue weighted by Gasteiger charge is -2.38. The van der Waals surface area contributed by atoms with Crippen molar-refractivity contribution in [1.29, 1.82) is 0 Å². The third-order valence-electron chi connectivity index (χ3n) is 4.22. The quantitative estimate of drug-likeness (QED) is 0.853. The Hall–Kier alpha value is -2.34. The van der Waals surface area contributed by atoms with Crippen molar-refractivity contribution in [2.75, 3.05) is 11.4 Å². The molecule has 2 aromatic rings. The number of rotatable bonds is 4. The van der Waals surface area contributed by atoms with Crippen LogP contribution in [0, 0.1) is 5.82 Å². The molecule has 25 heavy (non-hydrogen) atoms. The number of hydrogen-bond acceptors (Lipinski definition) is 3. The van der Waals surface area contributed by atoms with Crippen molar-refractivity contribution in [1.82, 2.24) is 5.32 Å². The van der Waals surface area contributed by atoms with E-state index in [1.807, 2.05) is 31.2 Å². The molecule has 0 saturated carbocycles. The minimum absolute atomic E-state index is 0.174. The largest absolute Gasteiger partial charge is 0.350 e. The monoisotopic (exact) mass is 358 g/mol. The Morgan fingerprint density at radius 3 is 2.72 bits per heavy atom. The molecule has 0 aromatic heterocycles. The van der Waals surface area contributed by atoms with E-state index in [0.29, 0.717) is 12.1 Å². The maximum atomic E-state index is 13.3. The molecule has 0 saturated heterocycles. The average Bonchev–Trinajstić information content (AvgIpc) is 2.61. The van der Waals surface area contributed by atoms with Crippen LogP contribution in [0.15, 0.2) is 53.4 Å². The van der Waals surface area contributed by atoms with Crippen LogP contribution in [0.25, 0.3) is 0 Å². The predicted molar refractivity (Wildman–Crippen MR) is 97.0 cm³/mol. The number of carbonyl (C=O) groups excluding carboxylic acids is 2. The van der Waals surface area contributed by atoms with E-state index in [4.69, 9.17) is 0 Å². The molecule has 1 heterocycles. The molecular weight excluding hydrogens is 339 g/mol. The number of nitrogens with one attached hydrogen (secondary N) is 1. The van der Waals surface area contributed by atoms with Crippen LogP contribution in [-0.4, -0.2) is 23.1 Å². The number of benzene rings is 2. The van der Waals surface area contributed by atoms with Crippen LogP contribution in [0.4, 0.5) is 10.1 Å². The third-order valence-corrected chi connectivity index (χ3v) is 5.55. The van der Waals surface area contributed by atoms with Crippen LogP contribution in [-0.2, 0) is 16.1 Å². The summed E-state index contributed by atoms with van der Waals surface area (Å²) in [5.41, 5.74) is 1.48. The van der Waals surface area contributed by atoms with Gasteiger partial charge in [-0.1, -0.05) is 36.0 Å². The van der Waals surface area contributed by atoms with Gasteiger partial charge in [0.25, 0.3) is 5.91 Å². The highest BCUT2D eigenvalue weighted by molar-refractivity contribution is 8.02. The van der Waals surface area contributed by atoms with Gasteiger partial charge in [-0.05, 0) is 43.7 Å². The molecule has 1 aliphatic rings. The first-order valence-electron chi connectivity index (χ1n) is 8.08. The summed E-state index contributed by atoms with van der Waals surface area (Å²) in [5, 5.41) is 2.77. The van der Waals surface area contributed by atoms with Crippen molar-refractivity contribution in [2.24, 2.45) is 0 Å². The fraction of sp³-hybridized carbons (Fsp3) is 0.263. The molecule has 130 valence electrons. The summed E-state index contributed by atoms with van der Waals surface area (Å²) in [6, 6.07) is 13.6. The van der Waals surface area contributed by atoms with Crippen LogP contribution < -0.4 is 10.2 Å². The molecule has 1 aliphatic heterocycles. The number of carbonyl (C=O) groups is 2. The molecule has 1 N–H and O–H groups in total. The second-order valence-corrected chi connectivity index (χ2v) is 7.43. The van der Waals surface area contributed by atoms with Gasteiger partial charge in [0, 0.05) is 18.0 Å². The zero-order valence-corrected chi connectivity index (χ0v) is 14.9. The molecule has 0 spiro atoms. The zero-order chi connectivity index (χ0) is 18.0. The third kappa shape index (κ3) is 3.26. The van der Waals surface area contributed by atoms with Gasteiger partial charge in [-0.2, -0.15) is 0 Å². The Bertz CT molecular complexity index is 827. The molecule has 2 amide bonds. The van der Waals surface area contributed by atoms with Crippen LogP contribution in [0.5, 0.6) is 0 Å². The molecule has 0 fully saturated rings. The van der Waals surface area contributed by atoms with Crippen LogP contribution in [0.2, 0.25) is 0 Å². The fourth-order valence-electron chi connectivity index (χ4n) is 2.85. The molecular formula is C19H19FN2O2S. The Kier molecular flexibility index (Phi) is 4.81. The highest BCUT2D eigenvalue weighted by Crippen LogP contribution is 2.45. The summed E-state index contributed by atoms with van der Waals surface area (Å²) in [6.07, 6.45) is 0. The molecule has 4 nitrogen and oxygen atoms in total. The lowest BCUT2D eigenvalue weighted by molar-refractivity contribution is -0.131. The number of thioether (sulfide) groups is 1. The Labute approximate surface area is 150 Å². The molecule has 2 aromatic carbocycles. The van der Waals surface area contributed by atoms with E-state index in [9.17, 15) is 14.0 Å². The van der Waals surface area contributed by atoms with Crippen molar-refractivity contribution in [3.8, 4) is 0 Å². The zero-order valence-electron chi connectivity index (χ0n) is 14.1. The average molecular weight is 358 g/mol. The van der Waals surface area contributed by atoms with Gasteiger partial charge in [-0.3, -0.25) is 9.59 Å². The van der Waals surface area contributed by atoms with Crippen molar-refractivity contribution in [3.63, 3.8) is 0 Å². The standard InChI is InChI=1S/C19H19FN2O2S/c1-3-22-15-9-4-5-10-16(15)25-19(2,18(22)24)17(23)21-12-13-7-6-8-14(20)11-13/h4-11H,3,12H2,1-2H3,(H,21,23). The van der Waals surface area contributed by atoms with Crippen molar-refractivity contribution in [2.45, 2.75) is 30.0 Å². The number of halogens is 1. The van der Waals surface area contributed by atoms with E-state index in [0.717, 1.165) is 10.6 Å². The summed E-state index contributed by atoms with van der Waals surface area (Å²) >= 11 is 1.26. The number of hydrogen-bond donors (Lipinski definition) is 1. The number of fused-ring (bicyclic) bond motifs is 1. The molecule has 6 heteroatoms. The van der Waals surface area contributed by atoms with Gasteiger partial charge in [-0.15, -0.1) is 0 Å². The summed E-state index contributed by atoms with van der Waals surface area (Å²) in [4.78, 5) is 28.2. The van der Waals surface area contributed by atoms with Crippen LogP contribution in [0.3, 0.4) is 0 Å². The van der Waals surface area contributed by atoms with Crippen LogP contribution >= 0.6 is 11.8 Å². The Morgan fingerprint density at radius 2 is 2.00 bits per heavy atom. The first-order valence-corrected chi connectivity index (χ1v) is 8.90. The van der Waals surface area contributed by atoms with Crippen molar-refractivity contribution < 1.29 is 14.0 Å². The van der Waals surface area contributed by atoms with E-state index >= 15 is 0 Å². The molecule has 0 bridgehead atoms. The smallest absolute Gasteiger partial charge is 0.252 e. The van der Waals surface area contributed by atoms with E-state index in [2.05, 4.69) is 5.32 Å². The van der Waals surface area contributed by atoms with Gasteiger partial charge in [0.1, 0.15) is 5.82 Å². The number of amides is 2. The number of anilines is 1. The normalized spacial score (nSPS) is 19.5. The fourth-order valence-corrected chi connectivity index (χ4v) is 4.08. The highest BCUT2D eigenvalue weighted by atomic mass is 32.2. The second kappa shape index (κ2) is 6.88. The van der Waals surface area contributed by atoms with E-state index < -0.39 is 4.75 Å². The van der Waals surface area contributed by atoms with E-state index in [1.54, 1.807) is 24.0 Å². The van der Waals surface area contributed by atoms with Gasteiger partial charge in [0.05, 0.1) is 5.69 Å². The maximum Gasteiger partial charge on any atom is 0.252 e. The van der Waals surface area contributed by atoms with Gasteiger partial charge in [0.2, 0.25) is 5.91 Å². The molecule has 0 aliphatic carbocycles. The van der Waals surface area contributed by atoms with Crippen molar-refractivity contribution in [3.05, 3.63) is 59.9 Å². The van der Waals surface area contributed by atoms with Gasteiger partial charge in [-0.25, -0.2) is 4.39 Å². The van der Waals surface area contributed by atoms with Crippen LogP contribution in [0.1, 0.15) is 19.4 Å². The molecule has 0 radical (unpaired) electrons. The SMILES string of the molecule is CCN1C(=O)C(C)(C(=O)NCc2cccc(F)c2)Sc2ccccc21. The first kappa shape index (κ1) is 17.5. The summed E-state index contributed by atoms with van der Waals surface area (Å²) in [7, 11) is 0. The van der Waals surface area contributed by atoms with E-state index in [-0.39, 0.29) is 24.2 Å². The summed E-state index contributed by atoms with van der Waals surface area (Å²) in [5.74, 6) is -0.970. The van der Waals surface area contributed by atoms with Gasteiger partial charge < -0.3 is 10.2 Å². The minimum atomic E-state index is -1.25. The van der Waals surface area contributed by atoms with Gasteiger partial charge in [0.15, 0.2) is 4.75 Å². The first-order chi connectivity index (χ1) is 12.0. The maximum absolute atomic E-state index is 13.3. The topological polar surface area (TPSA) is 49.4 Å². The highest BCUT2D eigenvalue weighted by Gasteiger charge is 2.48. The van der Waals surface area contributed by atoms with Crippen molar-refractivity contribution >= 4 is 29.3 Å². The lowest BCUT2D eigenvalue weighted by atomic mass is 10.1. The Morgan fingerprint density at radius 1 is 1.24 bits per heavy atom. The predicted octanol–water partition coefficient (Wildman–Crippen LogP) is 3.36. The molecule has 1 unspecified atom stereocenters. The van der Waals surface area contributed by atoms with Gasteiger partial charge >= 0.3 is 0 Å². The Balaban J connectivity index is 1.82. The van der Waals surface area contributed by atoms with E-state index in [1.165, 1.54) is 23.9 Å². The molecule has 1 atom stereocenters. The molecule has 3 rings (SSSR count). The second-order valence-electron chi connectivity index (χ2n) is 5.97.